The minimum absolute atomic E-state index is 0.0874. The predicted octanol–water partition coefficient (Wildman–Crippen LogP) is 2.27. The van der Waals surface area contributed by atoms with Crippen molar-refractivity contribution in [2.24, 2.45) is 10.2 Å². The lowest BCUT2D eigenvalue weighted by atomic mass is 10.2. The van der Waals surface area contributed by atoms with Gasteiger partial charge < -0.3 is 24.6 Å². The molecule has 8 heteroatoms. The number of para-hydroxylation sites is 1. The first-order chi connectivity index (χ1) is 14.7. The number of nitrogens with zero attached hydrogens (tertiary/aromatic N) is 3. The van der Waals surface area contributed by atoms with Crippen molar-refractivity contribution in [3.8, 4) is 5.88 Å². The summed E-state index contributed by atoms with van der Waals surface area (Å²) in [5.74, 6) is 0.0874. The monoisotopic (exact) mass is 424 g/mol. The number of aromatic hydroxyl groups is 1. The van der Waals surface area contributed by atoms with Crippen molar-refractivity contribution in [2.75, 3.05) is 39.4 Å². The molecular formula is C22H26N5O2S+. The van der Waals surface area contributed by atoms with Crippen LogP contribution in [0.5, 0.6) is 5.88 Å². The maximum atomic E-state index is 10.9. The van der Waals surface area contributed by atoms with Crippen molar-refractivity contribution >= 4 is 33.9 Å². The molecule has 0 bridgehead atoms. The second-order valence-electron chi connectivity index (χ2n) is 7.31. The minimum atomic E-state index is 0.0874. The summed E-state index contributed by atoms with van der Waals surface area (Å²) in [7, 11) is 0. The summed E-state index contributed by atoms with van der Waals surface area (Å²) in [5, 5.41) is 23.6. The minimum Gasteiger partial charge on any atom is -0.493 e. The van der Waals surface area contributed by atoms with E-state index in [2.05, 4.69) is 15.5 Å². The Morgan fingerprint density at radius 3 is 2.63 bits per heavy atom. The molecule has 4 rings (SSSR count). The SMILES string of the molecule is Oc1c(N=NC(=S)NCC[NH+]2CCOCC2)c2ccccc2n1Cc1ccccc1. The molecule has 2 aromatic carbocycles. The fourth-order valence-corrected chi connectivity index (χ4v) is 3.83. The molecule has 0 radical (unpaired) electrons. The van der Waals surface area contributed by atoms with Crippen molar-refractivity contribution < 1.29 is 14.7 Å². The van der Waals surface area contributed by atoms with Crippen LogP contribution >= 0.6 is 12.2 Å². The number of hydrogen-bond donors (Lipinski definition) is 3. The number of hydrogen-bond acceptors (Lipinski definition) is 4. The van der Waals surface area contributed by atoms with E-state index >= 15 is 0 Å². The van der Waals surface area contributed by atoms with E-state index in [0.717, 1.165) is 55.9 Å². The fourth-order valence-electron chi connectivity index (χ4n) is 3.68. The standard InChI is InChI=1S/C22H25N5O2S/c28-21-20(24-25-22(30)23-10-11-26-12-14-29-15-13-26)18-8-4-5-9-19(18)27(21)16-17-6-2-1-3-7-17/h1-9,28H,10-16H2,(H,23,30)/p+1. The van der Waals surface area contributed by atoms with Crippen molar-refractivity contribution in [1.29, 1.82) is 0 Å². The zero-order valence-corrected chi connectivity index (χ0v) is 17.6. The molecule has 0 amide bonds. The van der Waals surface area contributed by atoms with Gasteiger partial charge in [-0.15, -0.1) is 10.2 Å². The van der Waals surface area contributed by atoms with Crippen LogP contribution in [-0.4, -0.2) is 54.2 Å². The number of aromatic nitrogens is 1. The number of azo groups is 1. The van der Waals surface area contributed by atoms with Gasteiger partial charge in [-0.3, -0.25) is 0 Å². The Morgan fingerprint density at radius 2 is 1.83 bits per heavy atom. The number of quaternary nitrogens is 1. The van der Waals surface area contributed by atoms with Gasteiger partial charge in [0.1, 0.15) is 13.1 Å². The van der Waals surface area contributed by atoms with Crippen molar-refractivity contribution in [3.63, 3.8) is 0 Å². The Labute approximate surface area is 181 Å². The third-order valence-electron chi connectivity index (χ3n) is 5.30. The Bertz CT molecular complexity index is 1030. The van der Waals surface area contributed by atoms with Crippen LogP contribution < -0.4 is 10.2 Å². The molecule has 3 N–H and O–H groups in total. The molecule has 1 fully saturated rings. The van der Waals surface area contributed by atoms with Gasteiger partial charge >= 0.3 is 0 Å². The smallest absolute Gasteiger partial charge is 0.221 e. The largest absolute Gasteiger partial charge is 0.493 e. The molecule has 30 heavy (non-hydrogen) atoms. The number of thiocarbonyl (C=S) groups is 1. The van der Waals surface area contributed by atoms with Crippen LogP contribution in [0.1, 0.15) is 5.56 Å². The van der Waals surface area contributed by atoms with E-state index in [9.17, 15) is 5.11 Å². The summed E-state index contributed by atoms with van der Waals surface area (Å²) >= 11 is 5.30. The van der Waals surface area contributed by atoms with Crippen LogP contribution in [0.25, 0.3) is 10.9 Å². The average molecular weight is 425 g/mol. The quantitative estimate of drug-likeness (QED) is 0.419. The summed E-state index contributed by atoms with van der Waals surface area (Å²) < 4.78 is 7.22. The maximum Gasteiger partial charge on any atom is 0.221 e. The Kier molecular flexibility index (Phi) is 6.68. The number of morpholine rings is 1. The lowest BCUT2D eigenvalue weighted by Crippen LogP contribution is -3.14. The molecule has 3 aromatic rings. The molecule has 0 spiro atoms. The molecule has 1 aliphatic rings. The lowest BCUT2D eigenvalue weighted by Gasteiger charge is -2.23. The van der Waals surface area contributed by atoms with Crippen molar-refractivity contribution in [1.82, 2.24) is 9.88 Å². The number of rotatable bonds is 6. The topological polar surface area (TPSA) is 75.6 Å². The molecule has 1 aromatic heterocycles. The highest BCUT2D eigenvalue weighted by atomic mass is 32.1. The van der Waals surface area contributed by atoms with E-state index in [1.165, 1.54) is 4.90 Å². The summed E-state index contributed by atoms with van der Waals surface area (Å²) in [5.41, 5.74) is 2.44. The Hall–Kier alpha value is -2.81. The van der Waals surface area contributed by atoms with Crippen LogP contribution in [-0.2, 0) is 11.3 Å². The van der Waals surface area contributed by atoms with Gasteiger partial charge in [-0.2, -0.15) is 0 Å². The second-order valence-corrected chi connectivity index (χ2v) is 7.69. The molecule has 1 saturated heterocycles. The van der Waals surface area contributed by atoms with Gasteiger partial charge in [0.05, 0.1) is 38.4 Å². The second kappa shape index (κ2) is 9.80. The predicted molar refractivity (Wildman–Crippen MR) is 121 cm³/mol. The summed E-state index contributed by atoms with van der Waals surface area (Å²) in [6.07, 6.45) is 0. The molecule has 1 aliphatic heterocycles. The first-order valence-electron chi connectivity index (χ1n) is 10.2. The first-order valence-corrected chi connectivity index (χ1v) is 10.6. The van der Waals surface area contributed by atoms with Crippen LogP contribution in [0.2, 0.25) is 0 Å². The van der Waals surface area contributed by atoms with E-state index in [4.69, 9.17) is 17.0 Å². The number of ether oxygens (including phenoxy) is 1. The van der Waals surface area contributed by atoms with Crippen LogP contribution in [0.15, 0.2) is 64.8 Å². The molecular weight excluding hydrogens is 398 g/mol. The molecule has 0 atom stereocenters. The summed E-state index contributed by atoms with van der Waals surface area (Å²) in [4.78, 5) is 1.50. The highest BCUT2D eigenvalue weighted by Gasteiger charge is 2.17. The summed E-state index contributed by atoms with van der Waals surface area (Å²) in [6.45, 7) is 5.90. The zero-order valence-electron chi connectivity index (χ0n) is 16.8. The summed E-state index contributed by atoms with van der Waals surface area (Å²) in [6, 6.07) is 17.8. The van der Waals surface area contributed by atoms with Crippen molar-refractivity contribution in [3.05, 3.63) is 60.2 Å². The molecule has 156 valence electrons. The first kappa shape index (κ1) is 20.5. The molecule has 0 aliphatic carbocycles. The third kappa shape index (κ3) is 4.84. The lowest BCUT2D eigenvalue weighted by molar-refractivity contribution is -0.906. The highest BCUT2D eigenvalue weighted by Crippen LogP contribution is 2.39. The number of benzene rings is 2. The third-order valence-corrected chi connectivity index (χ3v) is 5.52. The average Bonchev–Trinajstić information content (AvgIpc) is 3.05. The number of fused-ring (bicyclic) bond motifs is 1. The fraction of sp³-hybridized carbons (Fsp3) is 0.318. The Morgan fingerprint density at radius 1 is 1.10 bits per heavy atom. The molecule has 2 heterocycles. The van der Waals surface area contributed by atoms with Gasteiger partial charge in [0.2, 0.25) is 11.0 Å². The van der Waals surface area contributed by atoms with Crippen LogP contribution in [0.3, 0.4) is 0 Å². The molecule has 7 nitrogen and oxygen atoms in total. The maximum absolute atomic E-state index is 10.9. The zero-order chi connectivity index (χ0) is 20.8. The van der Waals surface area contributed by atoms with E-state index < -0.39 is 0 Å². The normalized spacial score (nSPS) is 15.1. The van der Waals surface area contributed by atoms with Crippen LogP contribution in [0.4, 0.5) is 5.69 Å². The molecule has 0 unspecified atom stereocenters. The van der Waals surface area contributed by atoms with Gasteiger partial charge in [0.25, 0.3) is 0 Å². The van der Waals surface area contributed by atoms with Crippen LogP contribution in [0, 0.1) is 0 Å². The van der Waals surface area contributed by atoms with Gasteiger partial charge in [-0.25, -0.2) is 0 Å². The van der Waals surface area contributed by atoms with Gasteiger partial charge in [-0.1, -0.05) is 48.5 Å². The highest BCUT2D eigenvalue weighted by molar-refractivity contribution is 7.80. The van der Waals surface area contributed by atoms with Gasteiger partial charge in [0, 0.05) is 5.39 Å². The van der Waals surface area contributed by atoms with Gasteiger partial charge in [0.15, 0.2) is 5.69 Å². The van der Waals surface area contributed by atoms with Gasteiger partial charge in [-0.05, 0) is 23.8 Å². The van der Waals surface area contributed by atoms with E-state index in [0.29, 0.717) is 17.3 Å². The van der Waals surface area contributed by atoms with E-state index in [-0.39, 0.29) is 5.88 Å². The molecule has 0 saturated carbocycles. The van der Waals surface area contributed by atoms with Crippen molar-refractivity contribution in [2.45, 2.75) is 6.54 Å². The van der Waals surface area contributed by atoms with E-state index in [1.807, 2.05) is 59.2 Å². The Balaban J connectivity index is 1.46. The number of nitrogens with one attached hydrogen (secondary N) is 2. The van der Waals surface area contributed by atoms with E-state index in [1.54, 1.807) is 0 Å².